The van der Waals surface area contributed by atoms with E-state index in [-0.39, 0.29) is 5.91 Å². The lowest BCUT2D eigenvalue weighted by molar-refractivity contribution is 0.0954. The highest BCUT2D eigenvalue weighted by Gasteiger charge is 2.18. The maximum atomic E-state index is 12.7. The number of fused-ring (bicyclic) bond motifs is 1. The number of benzene rings is 1. The van der Waals surface area contributed by atoms with Gasteiger partial charge < -0.3 is 19.6 Å². The van der Waals surface area contributed by atoms with Gasteiger partial charge in [-0.1, -0.05) is 6.07 Å². The van der Waals surface area contributed by atoms with Crippen LogP contribution < -0.4 is 10.1 Å². The van der Waals surface area contributed by atoms with Gasteiger partial charge >= 0.3 is 0 Å². The zero-order valence-electron chi connectivity index (χ0n) is 14.8. The molecule has 8 heteroatoms. The van der Waals surface area contributed by atoms with Crippen molar-refractivity contribution in [1.29, 1.82) is 0 Å². The first-order valence-corrected chi connectivity index (χ1v) is 9.49. The van der Waals surface area contributed by atoms with Gasteiger partial charge in [0.1, 0.15) is 22.6 Å². The van der Waals surface area contributed by atoms with E-state index in [9.17, 15) is 4.79 Å². The second kappa shape index (κ2) is 7.63. The Bertz CT molecular complexity index is 1040. The number of amides is 1. The van der Waals surface area contributed by atoms with Gasteiger partial charge in [0.25, 0.3) is 5.91 Å². The third kappa shape index (κ3) is 3.56. The van der Waals surface area contributed by atoms with Crippen molar-refractivity contribution < 1.29 is 9.53 Å². The Kier molecular flexibility index (Phi) is 4.88. The molecule has 0 aliphatic heterocycles. The van der Waals surface area contributed by atoms with Crippen molar-refractivity contribution in [3.8, 4) is 16.5 Å². The van der Waals surface area contributed by atoms with Gasteiger partial charge in [0.05, 0.1) is 23.9 Å². The van der Waals surface area contributed by atoms with Gasteiger partial charge in [0.15, 0.2) is 0 Å². The maximum Gasteiger partial charge on any atom is 0.253 e. The highest BCUT2D eigenvalue weighted by atomic mass is 32.1. The van der Waals surface area contributed by atoms with Crippen LogP contribution in [0, 0.1) is 0 Å². The van der Waals surface area contributed by atoms with Crippen LogP contribution in [0.4, 0.5) is 0 Å². The molecule has 3 aromatic heterocycles. The Morgan fingerprint density at radius 3 is 3.04 bits per heavy atom. The molecule has 7 nitrogen and oxygen atoms in total. The molecule has 1 amide bonds. The van der Waals surface area contributed by atoms with E-state index in [0.29, 0.717) is 23.4 Å². The molecule has 0 atom stereocenters. The average Bonchev–Trinajstić information content (AvgIpc) is 3.44. The summed E-state index contributed by atoms with van der Waals surface area (Å²) < 4.78 is 7.41. The van der Waals surface area contributed by atoms with Crippen molar-refractivity contribution in [2.75, 3.05) is 13.7 Å². The zero-order chi connectivity index (χ0) is 18.6. The van der Waals surface area contributed by atoms with Crippen molar-refractivity contribution in [1.82, 2.24) is 24.8 Å². The molecule has 2 N–H and O–H groups in total. The molecule has 0 bridgehead atoms. The summed E-state index contributed by atoms with van der Waals surface area (Å²) in [6.07, 6.45) is 6.24. The summed E-state index contributed by atoms with van der Waals surface area (Å²) in [4.78, 5) is 25.7. The fraction of sp³-hybridized carbons (Fsp3) is 0.211. The fourth-order valence-electron chi connectivity index (χ4n) is 2.93. The summed E-state index contributed by atoms with van der Waals surface area (Å²) in [6.45, 7) is 1.38. The number of H-pyrrole nitrogens is 1. The second-order valence-electron chi connectivity index (χ2n) is 6.01. The summed E-state index contributed by atoms with van der Waals surface area (Å²) in [5.41, 5.74) is 1.88. The molecule has 138 valence electrons. The van der Waals surface area contributed by atoms with Crippen molar-refractivity contribution in [3.63, 3.8) is 0 Å². The first-order valence-electron chi connectivity index (χ1n) is 8.61. The van der Waals surface area contributed by atoms with Crippen LogP contribution in [0.15, 0.2) is 48.4 Å². The van der Waals surface area contributed by atoms with Gasteiger partial charge in [-0.3, -0.25) is 4.79 Å². The van der Waals surface area contributed by atoms with E-state index < -0.39 is 0 Å². The lowest BCUT2D eigenvalue weighted by atomic mass is 10.1. The first kappa shape index (κ1) is 17.3. The molecule has 0 saturated heterocycles. The number of rotatable bonds is 7. The summed E-state index contributed by atoms with van der Waals surface area (Å²) in [5, 5.41) is 4.96. The number of methoxy groups -OCH3 is 1. The summed E-state index contributed by atoms with van der Waals surface area (Å²) >= 11 is 1.59. The molecular weight excluding hydrogens is 362 g/mol. The Morgan fingerprint density at radius 1 is 1.37 bits per heavy atom. The van der Waals surface area contributed by atoms with E-state index in [1.807, 2.05) is 28.3 Å². The molecule has 1 aromatic carbocycles. The Morgan fingerprint density at radius 2 is 2.30 bits per heavy atom. The number of hydrogen-bond donors (Lipinski definition) is 2. The van der Waals surface area contributed by atoms with Crippen molar-refractivity contribution >= 4 is 28.3 Å². The van der Waals surface area contributed by atoms with Crippen LogP contribution in [-0.4, -0.2) is 39.1 Å². The van der Waals surface area contributed by atoms with Gasteiger partial charge in [0.2, 0.25) is 0 Å². The largest absolute Gasteiger partial charge is 0.494 e. The fourth-order valence-corrected chi connectivity index (χ4v) is 3.60. The number of aryl methyl sites for hydroxylation is 1. The third-order valence-electron chi connectivity index (χ3n) is 4.26. The number of nitrogens with one attached hydrogen (secondary N) is 2. The SMILES string of the molecule is COc1ccc(C(=O)NCCCn2ccnc2)c2nc(-c3cccs3)[nH]c12. The molecular formula is C19H19N5O2S. The highest BCUT2D eigenvalue weighted by molar-refractivity contribution is 7.13. The van der Waals surface area contributed by atoms with Gasteiger partial charge in [-0.05, 0) is 30.0 Å². The number of thiophene rings is 1. The molecule has 0 aliphatic rings. The minimum atomic E-state index is -0.141. The van der Waals surface area contributed by atoms with E-state index in [1.165, 1.54) is 0 Å². The predicted octanol–water partition coefficient (Wildman–Crippen LogP) is 3.32. The zero-order valence-corrected chi connectivity index (χ0v) is 15.6. The number of aromatic amines is 1. The Labute approximate surface area is 160 Å². The standard InChI is InChI=1S/C19H19N5O2S/c1-26-14-6-5-13(19(25)21-7-3-9-24-10-8-20-12-24)16-17(14)23-18(22-16)15-4-2-11-27-15/h2,4-6,8,10-12H,3,7,9H2,1H3,(H,21,25)(H,22,23). The smallest absolute Gasteiger partial charge is 0.253 e. The molecule has 0 aliphatic carbocycles. The molecule has 0 saturated carbocycles. The van der Waals surface area contributed by atoms with Crippen LogP contribution in [0.1, 0.15) is 16.8 Å². The van der Waals surface area contributed by atoms with E-state index in [2.05, 4.69) is 20.3 Å². The molecule has 27 heavy (non-hydrogen) atoms. The molecule has 0 fully saturated rings. The van der Waals surface area contributed by atoms with Crippen LogP contribution in [0.2, 0.25) is 0 Å². The predicted molar refractivity (Wildman–Crippen MR) is 105 cm³/mol. The van der Waals surface area contributed by atoms with Gasteiger partial charge in [-0.2, -0.15) is 0 Å². The Balaban J connectivity index is 1.54. The second-order valence-corrected chi connectivity index (χ2v) is 6.96. The van der Waals surface area contributed by atoms with Crippen LogP contribution >= 0.6 is 11.3 Å². The lowest BCUT2D eigenvalue weighted by Crippen LogP contribution is -2.25. The number of carbonyl (C=O) groups excluding carboxylic acids is 1. The van der Waals surface area contributed by atoms with E-state index in [1.54, 1.807) is 43.1 Å². The monoisotopic (exact) mass is 381 g/mol. The number of carbonyl (C=O) groups is 1. The Hall–Kier alpha value is -3.13. The maximum absolute atomic E-state index is 12.7. The average molecular weight is 381 g/mol. The lowest BCUT2D eigenvalue weighted by Gasteiger charge is -2.08. The quantitative estimate of drug-likeness (QED) is 0.481. The van der Waals surface area contributed by atoms with Crippen LogP contribution in [-0.2, 0) is 6.54 Å². The van der Waals surface area contributed by atoms with Crippen LogP contribution in [0.3, 0.4) is 0 Å². The number of ether oxygens (including phenoxy) is 1. The summed E-state index contributed by atoms with van der Waals surface area (Å²) in [7, 11) is 1.61. The van der Waals surface area contributed by atoms with Crippen molar-refractivity contribution in [2.45, 2.75) is 13.0 Å². The topological polar surface area (TPSA) is 84.8 Å². The molecule has 0 spiro atoms. The molecule has 4 aromatic rings. The summed E-state index contributed by atoms with van der Waals surface area (Å²) in [5.74, 6) is 1.26. The first-order chi connectivity index (χ1) is 13.3. The number of imidazole rings is 2. The molecule has 4 rings (SSSR count). The van der Waals surface area contributed by atoms with Crippen LogP contribution in [0.25, 0.3) is 21.7 Å². The molecule has 0 radical (unpaired) electrons. The number of aromatic nitrogens is 4. The molecule has 0 unspecified atom stereocenters. The van der Waals surface area contributed by atoms with Crippen molar-refractivity contribution in [2.24, 2.45) is 0 Å². The minimum Gasteiger partial charge on any atom is -0.494 e. The van der Waals surface area contributed by atoms with Crippen molar-refractivity contribution in [3.05, 3.63) is 53.9 Å². The van der Waals surface area contributed by atoms with Gasteiger partial charge in [0, 0.05) is 25.5 Å². The number of hydrogen-bond acceptors (Lipinski definition) is 5. The minimum absolute atomic E-state index is 0.141. The van der Waals surface area contributed by atoms with Crippen LogP contribution in [0.5, 0.6) is 5.75 Å². The van der Waals surface area contributed by atoms with E-state index >= 15 is 0 Å². The normalized spacial score (nSPS) is 11.0. The van der Waals surface area contributed by atoms with E-state index in [4.69, 9.17) is 4.74 Å². The molecule has 3 heterocycles. The third-order valence-corrected chi connectivity index (χ3v) is 5.14. The van der Waals surface area contributed by atoms with Gasteiger partial charge in [-0.25, -0.2) is 9.97 Å². The van der Waals surface area contributed by atoms with Gasteiger partial charge in [-0.15, -0.1) is 11.3 Å². The summed E-state index contributed by atoms with van der Waals surface area (Å²) in [6, 6.07) is 7.51. The highest BCUT2D eigenvalue weighted by Crippen LogP contribution is 2.31. The number of nitrogens with zero attached hydrogens (tertiary/aromatic N) is 3. The van der Waals surface area contributed by atoms with E-state index in [0.717, 1.165) is 29.2 Å².